The van der Waals surface area contributed by atoms with Gasteiger partial charge in [0.15, 0.2) is 0 Å². The molecule has 1 aliphatic carbocycles. The average molecular weight is 218 g/mol. The fraction of sp³-hybridized carbons (Fsp3) is 0.385. The fourth-order valence-corrected chi connectivity index (χ4v) is 2.37. The Hall–Kier alpha value is -1.51. The van der Waals surface area contributed by atoms with Crippen LogP contribution < -0.4 is 0 Å². The Labute approximate surface area is 95.0 Å². The number of hydrazine groups is 1. The normalized spacial score (nSPS) is 23.1. The van der Waals surface area contributed by atoms with E-state index in [9.17, 15) is 4.39 Å². The summed E-state index contributed by atoms with van der Waals surface area (Å²) in [5, 5.41) is 4.09. The van der Waals surface area contributed by atoms with E-state index in [1.165, 1.54) is 11.3 Å². The molecule has 0 spiro atoms. The molecule has 0 N–H and O–H groups in total. The van der Waals surface area contributed by atoms with Crippen molar-refractivity contribution in [2.24, 2.45) is 0 Å². The minimum absolute atomic E-state index is 0.0886. The van der Waals surface area contributed by atoms with Crippen molar-refractivity contribution in [3.8, 4) is 0 Å². The van der Waals surface area contributed by atoms with Crippen molar-refractivity contribution in [2.75, 3.05) is 6.54 Å². The second-order valence-electron chi connectivity index (χ2n) is 4.32. The van der Waals surface area contributed by atoms with Crippen molar-refractivity contribution in [2.45, 2.75) is 26.2 Å². The van der Waals surface area contributed by atoms with Crippen molar-refractivity contribution >= 4 is 0 Å². The van der Waals surface area contributed by atoms with E-state index in [1.54, 1.807) is 6.08 Å². The van der Waals surface area contributed by atoms with Crippen molar-refractivity contribution in [1.29, 1.82) is 0 Å². The second-order valence-corrected chi connectivity index (χ2v) is 4.32. The highest BCUT2D eigenvalue weighted by molar-refractivity contribution is 5.40. The Morgan fingerprint density at radius 3 is 2.75 bits per heavy atom. The Morgan fingerprint density at radius 1 is 1.31 bits per heavy atom. The summed E-state index contributed by atoms with van der Waals surface area (Å²) in [6.07, 6.45) is 10.6. The van der Waals surface area contributed by atoms with Crippen LogP contribution in [0.2, 0.25) is 0 Å². The summed E-state index contributed by atoms with van der Waals surface area (Å²) in [4.78, 5) is 0. The Morgan fingerprint density at radius 2 is 2.06 bits per heavy atom. The Balaban J connectivity index is 1.95. The summed E-state index contributed by atoms with van der Waals surface area (Å²) in [5.41, 5.74) is 3.24. The maximum absolute atomic E-state index is 13.8. The molecular formula is C13H15FN2. The molecule has 2 nitrogen and oxygen atoms in total. The lowest BCUT2D eigenvalue weighted by molar-refractivity contribution is 0.0716. The number of halogens is 1. The molecule has 0 atom stereocenters. The minimum atomic E-state index is -0.0886. The van der Waals surface area contributed by atoms with Crippen LogP contribution >= 0.6 is 0 Å². The van der Waals surface area contributed by atoms with Gasteiger partial charge in [0, 0.05) is 11.9 Å². The number of nitrogens with zero attached hydrogens (tertiary/aromatic N) is 2. The first-order valence-corrected chi connectivity index (χ1v) is 5.83. The molecule has 0 amide bonds. The van der Waals surface area contributed by atoms with Gasteiger partial charge in [0.25, 0.3) is 0 Å². The quantitative estimate of drug-likeness (QED) is 0.702. The van der Waals surface area contributed by atoms with Gasteiger partial charge in [-0.2, -0.15) is 0 Å². The monoisotopic (exact) mass is 218 g/mol. The van der Waals surface area contributed by atoms with Crippen molar-refractivity contribution < 1.29 is 4.39 Å². The van der Waals surface area contributed by atoms with Gasteiger partial charge in [-0.25, -0.2) is 4.39 Å². The molecule has 0 aromatic rings. The number of hydrogen-bond acceptors (Lipinski definition) is 2. The van der Waals surface area contributed by atoms with Gasteiger partial charge in [0.1, 0.15) is 5.83 Å². The number of rotatable bonds is 2. The van der Waals surface area contributed by atoms with Crippen LogP contribution in [0.25, 0.3) is 0 Å². The number of fused-ring (bicyclic) bond motifs is 1. The summed E-state index contributed by atoms with van der Waals surface area (Å²) in [5.74, 6) is -0.0886. The first-order valence-electron chi connectivity index (χ1n) is 5.83. The Bertz CT molecular complexity index is 443. The van der Waals surface area contributed by atoms with E-state index in [1.807, 2.05) is 11.1 Å². The lowest BCUT2D eigenvalue weighted by atomic mass is 10.0. The number of allylic oxidation sites excluding steroid dienone is 4. The van der Waals surface area contributed by atoms with Gasteiger partial charge in [-0.05, 0) is 37.0 Å². The highest BCUT2D eigenvalue weighted by Gasteiger charge is 2.32. The van der Waals surface area contributed by atoms with Gasteiger partial charge in [-0.1, -0.05) is 13.0 Å². The molecule has 0 aromatic carbocycles. The lowest BCUT2D eigenvalue weighted by Crippen LogP contribution is -2.47. The lowest BCUT2D eigenvalue weighted by Gasteiger charge is -2.47. The molecule has 0 unspecified atom stereocenters. The second kappa shape index (κ2) is 3.51. The molecule has 0 radical (unpaired) electrons. The van der Waals surface area contributed by atoms with E-state index in [0.29, 0.717) is 5.70 Å². The molecule has 0 saturated heterocycles. The van der Waals surface area contributed by atoms with E-state index in [0.717, 1.165) is 25.8 Å². The maximum atomic E-state index is 13.8. The summed E-state index contributed by atoms with van der Waals surface area (Å²) in [6, 6.07) is 0. The molecule has 3 heteroatoms. The van der Waals surface area contributed by atoms with E-state index in [-0.39, 0.29) is 5.83 Å². The van der Waals surface area contributed by atoms with E-state index >= 15 is 0 Å². The van der Waals surface area contributed by atoms with Crippen molar-refractivity contribution in [3.63, 3.8) is 0 Å². The highest BCUT2D eigenvalue weighted by Crippen LogP contribution is 2.37. The summed E-state index contributed by atoms with van der Waals surface area (Å²) in [7, 11) is 0. The van der Waals surface area contributed by atoms with Gasteiger partial charge < -0.3 is 0 Å². The standard InChI is InChI=1S/C13H15FN2/c1-2-11-7-10-8-15(9-10)16(11)13-6-4-3-5-12(13)14/h5-8H,2-4,9H2,1H3. The maximum Gasteiger partial charge on any atom is 0.144 e. The molecule has 2 bridgehead atoms. The summed E-state index contributed by atoms with van der Waals surface area (Å²) in [6.45, 7) is 3.02. The first kappa shape index (κ1) is 9.70. The highest BCUT2D eigenvalue weighted by atomic mass is 19.1. The van der Waals surface area contributed by atoms with Crippen LogP contribution in [0, 0.1) is 0 Å². The molecule has 16 heavy (non-hydrogen) atoms. The fourth-order valence-electron chi connectivity index (χ4n) is 2.37. The van der Waals surface area contributed by atoms with Crippen LogP contribution in [0.1, 0.15) is 26.2 Å². The van der Waals surface area contributed by atoms with Gasteiger partial charge in [-0.15, -0.1) is 0 Å². The van der Waals surface area contributed by atoms with Crippen LogP contribution in [0.5, 0.6) is 0 Å². The third-order valence-corrected chi connectivity index (χ3v) is 3.20. The molecule has 0 saturated carbocycles. The van der Waals surface area contributed by atoms with Gasteiger partial charge in [-0.3, -0.25) is 10.0 Å². The van der Waals surface area contributed by atoms with Crippen molar-refractivity contribution in [3.05, 3.63) is 47.2 Å². The minimum Gasteiger partial charge on any atom is -0.283 e. The molecule has 0 fully saturated rings. The number of hydrogen-bond donors (Lipinski definition) is 0. The Kier molecular flexibility index (Phi) is 2.13. The predicted molar refractivity (Wildman–Crippen MR) is 61.5 cm³/mol. The molecular weight excluding hydrogens is 203 g/mol. The third-order valence-electron chi connectivity index (χ3n) is 3.20. The molecule has 84 valence electrons. The SMILES string of the molecule is CCC1=CC2=CN(C2)N1C1=CCCC=C1F. The average Bonchev–Trinajstić information content (AvgIpc) is 2.28. The smallest absolute Gasteiger partial charge is 0.144 e. The summed E-state index contributed by atoms with van der Waals surface area (Å²) < 4.78 is 13.8. The van der Waals surface area contributed by atoms with Crippen LogP contribution in [-0.4, -0.2) is 16.6 Å². The van der Waals surface area contributed by atoms with Gasteiger partial charge >= 0.3 is 0 Å². The molecule has 4 rings (SSSR count). The van der Waals surface area contributed by atoms with E-state index in [4.69, 9.17) is 0 Å². The van der Waals surface area contributed by atoms with E-state index < -0.39 is 0 Å². The van der Waals surface area contributed by atoms with E-state index in [2.05, 4.69) is 24.2 Å². The molecule has 3 heterocycles. The van der Waals surface area contributed by atoms with Crippen LogP contribution in [-0.2, 0) is 0 Å². The zero-order valence-electron chi connectivity index (χ0n) is 9.41. The van der Waals surface area contributed by atoms with Crippen LogP contribution in [0.3, 0.4) is 0 Å². The predicted octanol–water partition coefficient (Wildman–Crippen LogP) is 3.24. The van der Waals surface area contributed by atoms with Gasteiger partial charge in [0.2, 0.25) is 0 Å². The van der Waals surface area contributed by atoms with Gasteiger partial charge in [0.05, 0.1) is 12.2 Å². The zero-order valence-corrected chi connectivity index (χ0v) is 9.41. The first-order chi connectivity index (χ1) is 7.79. The van der Waals surface area contributed by atoms with Crippen LogP contribution in [0.4, 0.5) is 4.39 Å². The topological polar surface area (TPSA) is 6.48 Å². The largest absolute Gasteiger partial charge is 0.283 e. The van der Waals surface area contributed by atoms with Crippen LogP contribution in [0.15, 0.2) is 47.2 Å². The summed E-state index contributed by atoms with van der Waals surface area (Å²) >= 11 is 0. The third kappa shape index (κ3) is 1.31. The molecule has 3 aliphatic heterocycles. The zero-order chi connectivity index (χ0) is 11.1. The van der Waals surface area contributed by atoms with Crippen molar-refractivity contribution in [1.82, 2.24) is 10.0 Å². The molecule has 4 aliphatic rings. The molecule has 0 aromatic heterocycles.